The third-order valence-electron chi connectivity index (χ3n) is 2.50. The lowest BCUT2D eigenvalue weighted by Crippen LogP contribution is -2.11. The largest absolute Gasteiger partial charge is 0.308 e. The van der Waals surface area contributed by atoms with Crippen LogP contribution in [-0.4, -0.2) is 9.97 Å². The molecule has 1 aromatic heterocycles. The molecule has 4 heteroatoms. The molecule has 0 radical (unpaired) electrons. The van der Waals surface area contributed by atoms with Crippen LogP contribution in [0.1, 0.15) is 31.3 Å². The first-order chi connectivity index (χ1) is 6.81. The molecule has 0 spiro atoms. The van der Waals surface area contributed by atoms with Crippen LogP contribution in [0.2, 0.25) is 0 Å². The number of hydrogen-bond acceptors (Lipinski definition) is 4. The van der Waals surface area contributed by atoms with E-state index in [2.05, 4.69) is 22.3 Å². The van der Waals surface area contributed by atoms with E-state index in [1.54, 1.807) is 0 Å². The Kier molecular flexibility index (Phi) is 2.63. The van der Waals surface area contributed by atoms with Crippen molar-refractivity contribution in [3.05, 3.63) is 17.6 Å². The van der Waals surface area contributed by atoms with Crippen LogP contribution in [0, 0.1) is 5.92 Å². The third kappa shape index (κ3) is 2.20. The maximum atomic E-state index is 5.35. The van der Waals surface area contributed by atoms with Gasteiger partial charge in [0, 0.05) is 18.2 Å². The zero-order valence-electron chi connectivity index (χ0n) is 8.45. The number of rotatable bonds is 4. The van der Waals surface area contributed by atoms with Crippen molar-refractivity contribution in [1.29, 1.82) is 0 Å². The fraction of sp³-hybridized carbons (Fsp3) is 0.600. The van der Waals surface area contributed by atoms with E-state index in [4.69, 9.17) is 5.84 Å². The van der Waals surface area contributed by atoms with Gasteiger partial charge in [0.15, 0.2) is 0 Å². The van der Waals surface area contributed by atoms with Crippen LogP contribution in [0.15, 0.2) is 6.07 Å². The number of hydrazine groups is 1. The van der Waals surface area contributed by atoms with Crippen molar-refractivity contribution in [3.8, 4) is 0 Å². The van der Waals surface area contributed by atoms with Crippen LogP contribution in [0.5, 0.6) is 0 Å². The molecule has 4 nitrogen and oxygen atoms in total. The van der Waals surface area contributed by atoms with Crippen LogP contribution in [0.25, 0.3) is 0 Å². The second-order valence-corrected chi connectivity index (χ2v) is 3.81. The van der Waals surface area contributed by atoms with E-state index in [9.17, 15) is 0 Å². The molecule has 2 rings (SSSR count). The Hall–Kier alpha value is -1.16. The average molecular weight is 192 g/mol. The van der Waals surface area contributed by atoms with Crippen LogP contribution >= 0.6 is 0 Å². The molecule has 0 saturated heterocycles. The zero-order valence-corrected chi connectivity index (χ0v) is 8.45. The van der Waals surface area contributed by atoms with Crippen molar-refractivity contribution in [2.45, 2.75) is 32.6 Å². The van der Waals surface area contributed by atoms with Gasteiger partial charge in [-0.05, 0) is 25.2 Å². The lowest BCUT2D eigenvalue weighted by atomic mass is 10.2. The summed E-state index contributed by atoms with van der Waals surface area (Å²) in [6, 6.07) is 1.90. The first kappa shape index (κ1) is 9.40. The molecule has 1 saturated carbocycles. The highest BCUT2D eigenvalue weighted by Crippen LogP contribution is 2.31. The van der Waals surface area contributed by atoms with Gasteiger partial charge in [0.25, 0.3) is 0 Å². The highest BCUT2D eigenvalue weighted by Gasteiger charge is 2.23. The molecule has 0 amide bonds. The fourth-order valence-corrected chi connectivity index (χ4v) is 1.48. The number of aromatic nitrogens is 2. The van der Waals surface area contributed by atoms with Gasteiger partial charge in [-0.15, -0.1) is 0 Å². The molecule has 0 aliphatic heterocycles. The molecule has 1 fully saturated rings. The second kappa shape index (κ2) is 3.92. The van der Waals surface area contributed by atoms with Crippen molar-refractivity contribution >= 4 is 5.82 Å². The zero-order chi connectivity index (χ0) is 9.97. The molecule has 0 bridgehead atoms. The van der Waals surface area contributed by atoms with Gasteiger partial charge in [0.1, 0.15) is 11.6 Å². The normalized spacial score (nSPS) is 15.6. The monoisotopic (exact) mass is 192 g/mol. The summed E-state index contributed by atoms with van der Waals surface area (Å²) >= 11 is 0. The summed E-state index contributed by atoms with van der Waals surface area (Å²) in [7, 11) is 0. The maximum absolute atomic E-state index is 5.35. The Morgan fingerprint density at radius 1 is 1.50 bits per heavy atom. The second-order valence-electron chi connectivity index (χ2n) is 3.81. The van der Waals surface area contributed by atoms with Crippen LogP contribution in [0.4, 0.5) is 5.82 Å². The minimum atomic E-state index is 0.729. The Bertz CT molecular complexity index is 298. The molecule has 76 valence electrons. The molecule has 0 atom stereocenters. The van der Waals surface area contributed by atoms with Crippen molar-refractivity contribution in [2.24, 2.45) is 11.8 Å². The minimum absolute atomic E-state index is 0.729. The van der Waals surface area contributed by atoms with Crippen LogP contribution in [-0.2, 0) is 12.8 Å². The van der Waals surface area contributed by atoms with E-state index in [0.29, 0.717) is 0 Å². The smallest absolute Gasteiger partial charge is 0.143 e. The molecular weight excluding hydrogens is 176 g/mol. The number of nitrogen functional groups attached to an aromatic ring is 1. The van der Waals surface area contributed by atoms with Gasteiger partial charge in [0.05, 0.1) is 0 Å². The predicted octanol–water partition coefficient (Wildman–Crippen LogP) is 1.28. The number of nitrogens with one attached hydrogen (secondary N) is 1. The maximum Gasteiger partial charge on any atom is 0.143 e. The molecule has 1 aliphatic rings. The minimum Gasteiger partial charge on any atom is -0.308 e. The number of nitrogens with zero attached hydrogens (tertiary/aromatic N) is 2. The first-order valence-electron chi connectivity index (χ1n) is 5.15. The summed E-state index contributed by atoms with van der Waals surface area (Å²) in [5, 5.41) is 0. The van der Waals surface area contributed by atoms with Crippen LogP contribution in [0.3, 0.4) is 0 Å². The number of hydrogen-bond donors (Lipinski definition) is 2. The quantitative estimate of drug-likeness (QED) is 0.557. The number of aryl methyl sites for hydroxylation is 1. The highest BCUT2D eigenvalue weighted by atomic mass is 15.3. The first-order valence-corrected chi connectivity index (χ1v) is 5.15. The van der Waals surface area contributed by atoms with E-state index >= 15 is 0 Å². The molecule has 0 unspecified atom stereocenters. The summed E-state index contributed by atoms with van der Waals surface area (Å²) in [4.78, 5) is 8.81. The van der Waals surface area contributed by atoms with Gasteiger partial charge >= 0.3 is 0 Å². The molecular formula is C10H16N4. The van der Waals surface area contributed by atoms with Crippen molar-refractivity contribution in [2.75, 3.05) is 5.43 Å². The van der Waals surface area contributed by atoms with Gasteiger partial charge in [-0.1, -0.05) is 6.92 Å². The molecule has 1 heterocycles. The van der Waals surface area contributed by atoms with Gasteiger partial charge < -0.3 is 5.43 Å². The van der Waals surface area contributed by atoms with Crippen molar-refractivity contribution < 1.29 is 0 Å². The Labute approximate surface area is 83.9 Å². The van der Waals surface area contributed by atoms with Gasteiger partial charge in [-0.25, -0.2) is 15.8 Å². The van der Waals surface area contributed by atoms with Gasteiger partial charge in [0.2, 0.25) is 0 Å². The predicted molar refractivity (Wildman–Crippen MR) is 55.6 cm³/mol. The van der Waals surface area contributed by atoms with E-state index < -0.39 is 0 Å². The van der Waals surface area contributed by atoms with E-state index in [1.165, 1.54) is 12.8 Å². The van der Waals surface area contributed by atoms with Gasteiger partial charge in [-0.3, -0.25) is 0 Å². The summed E-state index contributed by atoms with van der Waals surface area (Å²) in [6.45, 7) is 2.09. The lowest BCUT2D eigenvalue weighted by Gasteiger charge is -2.05. The summed E-state index contributed by atoms with van der Waals surface area (Å²) in [5.41, 5.74) is 3.64. The van der Waals surface area contributed by atoms with E-state index in [0.717, 1.165) is 36.1 Å². The SMILES string of the molecule is CCc1cc(NN)nc(CC2CC2)n1. The summed E-state index contributed by atoms with van der Waals surface area (Å²) < 4.78 is 0. The Morgan fingerprint density at radius 3 is 2.86 bits per heavy atom. The number of nitrogens with two attached hydrogens (primary N) is 1. The van der Waals surface area contributed by atoms with Crippen molar-refractivity contribution in [1.82, 2.24) is 9.97 Å². The molecule has 0 aromatic carbocycles. The highest BCUT2D eigenvalue weighted by molar-refractivity contribution is 5.34. The summed E-state index contributed by atoms with van der Waals surface area (Å²) in [5.74, 6) is 7.82. The molecule has 3 N–H and O–H groups in total. The lowest BCUT2D eigenvalue weighted by molar-refractivity contribution is 0.758. The third-order valence-corrected chi connectivity index (χ3v) is 2.50. The Morgan fingerprint density at radius 2 is 2.29 bits per heavy atom. The number of anilines is 1. The molecule has 14 heavy (non-hydrogen) atoms. The van der Waals surface area contributed by atoms with E-state index in [-0.39, 0.29) is 0 Å². The topological polar surface area (TPSA) is 63.8 Å². The average Bonchev–Trinajstić information content (AvgIpc) is 3.01. The van der Waals surface area contributed by atoms with Crippen molar-refractivity contribution in [3.63, 3.8) is 0 Å². The Balaban J connectivity index is 2.19. The van der Waals surface area contributed by atoms with Crippen LogP contribution < -0.4 is 11.3 Å². The standard InChI is InChI=1S/C10H16N4/c1-2-8-6-10(14-11)13-9(12-8)5-7-3-4-7/h6-7H,2-5,11H2,1H3,(H,12,13,14). The van der Waals surface area contributed by atoms with Gasteiger partial charge in [-0.2, -0.15) is 0 Å². The molecule has 1 aromatic rings. The fourth-order valence-electron chi connectivity index (χ4n) is 1.48. The van der Waals surface area contributed by atoms with E-state index in [1.807, 2.05) is 6.07 Å². The molecule has 1 aliphatic carbocycles. The summed E-state index contributed by atoms with van der Waals surface area (Å²) in [6.07, 6.45) is 4.58.